The Morgan fingerprint density at radius 3 is 2.52 bits per heavy atom. The van der Waals surface area contributed by atoms with Crippen LogP contribution in [0.5, 0.6) is 0 Å². The van der Waals surface area contributed by atoms with Crippen molar-refractivity contribution < 1.29 is 22.7 Å². The van der Waals surface area contributed by atoms with Crippen molar-refractivity contribution in [2.75, 3.05) is 20.2 Å². The van der Waals surface area contributed by atoms with Crippen molar-refractivity contribution in [2.45, 2.75) is 46.2 Å². The number of benzene rings is 1. The maximum absolute atomic E-state index is 12.1. The number of aliphatic imine (C=N–C) groups is 1. The van der Waals surface area contributed by atoms with Gasteiger partial charge < -0.3 is 9.64 Å². The number of unbranched alkanes of at least 4 members (excludes halogenated alkanes) is 1. The van der Waals surface area contributed by atoms with Gasteiger partial charge in [0.15, 0.2) is 0 Å². The summed E-state index contributed by atoms with van der Waals surface area (Å²) in [6, 6.07) is 3.50. The first-order valence-corrected chi connectivity index (χ1v) is 8.23. The van der Waals surface area contributed by atoms with Crippen molar-refractivity contribution >= 4 is 18.0 Å². The molecule has 0 aliphatic rings. The molecule has 7 heteroatoms. The number of hydrogen-bond acceptors (Lipinski definition) is 3. The van der Waals surface area contributed by atoms with Crippen molar-refractivity contribution in [1.82, 2.24) is 4.90 Å². The van der Waals surface area contributed by atoms with E-state index in [2.05, 4.69) is 4.99 Å². The summed E-state index contributed by atoms with van der Waals surface area (Å²) < 4.78 is 41.2. The molecule has 0 heterocycles. The molecule has 0 saturated heterocycles. The van der Waals surface area contributed by atoms with E-state index in [9.17, 15) is 18.0 Å². The highest BCUT2D eigenvalue weighted by molar-refractivity contribution is 5.92. The molecule has 140 valence electrons. The Hall–Kier alpha value is -2.05. The summed E-state index contributed by atoms with van der Waals surface area (Å²) in [5, 5.41) is 0. The lowest BCUT2D eigenvalue weighted by molar-refractivity contribution is -0.135. The van der Waals surface area contributed by atoms with Crippen molar-refractivity contribution in [3.63, 3.8) is 0 Å². The highest BCUT2D eigenvalue weighted by Gasteiger charge is 2.25. The lowest BCUT2D eigenvalue weighted by Crippen LogP contribution is -2.14. The summed E-state index contributed by atoms with van der Waals surface area (Å²) in [5.41, 5.74) is 2.73. The highest BCUT2D eigenvalue weighted by atomic mass is 19.4. The molecule has 1 aromatic rings. The van der Waals surface area contributed by atoms with Gasteiger partial charge in [0.25, 0.3) is 0 Å². The predicted octanol–water partition coefficient (Wildman–Crippen LogP) is 4.80. The third-order valence-corrected chi connectivity index (χ3v) is 3.74. The zero-order valence-electron chi connectivity index (χ0n) is 15.1. The predicted molar refractivity (Wildman–Crippen MR) is 92.6 cm³/mol. The quantitative estimate of drug-likeness (QED) is 0.290. The van der Waals surface area contributed by atoms with Crippen LogP contribution in [0.3, 0.4) is 0 Å². The second-order valence-corrected chi connectivity index (χ2v) is 5.98. The Kier molecular flexibility index (Phi) is 7.93. The molecule has 0 radical (unpaired) electrons. The van der Waals surface area contributed by atoms with Gasteiger partial charge in [0, 0.05) is 20.0 Å². The van der Waals surface area contributed by atoms with Crippen molar-refractivity contribution in [3.05, 3.63) is 28.8 Å². The fourth-order valence-corrected chi connectivity index (χ4v) is 2.07. The van der Waals surface area contributed by atoms with E-state index >= 15 is 0 Å². The summed E-state index contributed by atoms with van der Waals surface area (Å²) in [7, 11) is 1.91. The lowest BCUT2D eigenvalue weighted by Gasteiger charge is -2.12. The number of alkyl halides is 3. The molecule has 25 heavy (non-hydrogen) atoms. The van der Waals surface area contributed by atoms with Crippen LogP contribution in [0.25, 0.3) is 0 Å². The number of carbonyl (C=O) groups is 1. The van der Waals surface area contributed by atoms with Gasteiger partial charge in [-0.1, -0.05) is 0 Å². The van der Waals surface area contributed by atoms with Crippen LogP contribution in [0, 0.1) is 13.8 Å². The number of halogens is 3. The Balaban J connectivity index is 2.65. The van der Waals surface area contributed by atoms with Crippen LogP contribution < -0.4 is 0 Å². The Labute approximate surface area is 146 Å². The molecule has 0 aromatic heterocycles. The second kappa shape index (κ2) is 9.44. The fourth-order valence-electron chi connectivity index (χ4n) is 2.07. The van der Waals surface area contributed by atoms with Gasteiger partial charge in [-0.2, -0.15) is 13.2 Å². The van der Waals surface area contributed by atoms with Crippen LogP contribution in [0.4, 0.5) is 18.9 Å². The number of carbonyl (C=O) groups excluding carboxylic acids is 1. The Morgan fingerprint density at radius 2 is 1.92 bits per heavy atom. The molecule has 0 atom stereocenters. The van der Waals surface area contributed by atoms with Gasteiger partial charge in [-0.25, -0.2) is 9.79 Å². The molecule has 1 aromatic carbocycles. The highest BCUT2D eigenvalue weighted by Crippen LogP contribution is 2.24. The molecule has 0 aliphatic carbocycles. The van der Waals surface area contributed by atoms with Gasteiger partial charge in [0.05, 0.1) is 24.2 Å². The second-order valence-electron chi connectivity index (χ2n) is 5.98. The number of esters is 1. The van der Waals surface area contributed by atoms with Gasteiger partial charge in [-0.3, -0.25) is 0 Å². The van der Waals surface area contributed by atoms with E-state index in [0.29, 0.717) is 5.56 Å². The number of nitrogens with zero attached hydrogens (tertiary/aromatic N) is 2. The van der Waals surface area contributed by atoms with E-state index < -0.39 is 18.6 Å². The van der Waals surface area contributed by atoms with Gasteiger partial charge >= 0.3 is 12.1 Å². The molecule has 0 unspecified atom stereocenters. The monoisotopic (exact) mass is 358 g/mol. The first-order valence-electron chi connectivity index (χ1n) is 8.23. The maximum atomic E-state index is 12.1. The van der Waals surface area contributed by atoms with Crippen LogP contribution in [-0.4, -0.2) is 43.6 Å². The summed E-state index contributed by atoms with van der Waals surface area (Å²) in [5.74, 6) is -0.520. The van der Waals surface area contributed by atoms with Gasteiger partial charge in [-0.05, 0) is 56.9 Å². The zero-order valence-corrected chi connectivity index (χ0v) is 15.1. The van der Waals surface area contributed by atoms with Crippen molar-refractivity contribution in [3.8, 4) is 0 Å². The molecule has 0 saturated carbocycles. The van der Waals surface area contributed by atoms with E-state index in [1.165, 1.54) is 0 Å². The molecule has 4 nitrogen and oxygen atoms in total. The first kappa shape index (κ1) is 21.0. The summed E-state index contributed by atoms with van der Waals surface area (Å²) in [6.45, 7) is 6.45. The van der Waals surface area contributed by atoms with Gasteiger partial charge in [0.1, 0.15) is 0 Å². The van der Waals surface area contributed by atoms with Crippen LogP contribution in [-0.2, 0) is 4.74 Å². The standard InChI is InChI=1S/C18H25F3N2O2/c1-5-23(4)12-22-16-11-13(2)15(10-14(16)3)17(24)25-9-7-6-8-18(19,20)21/h10-12H,5-9H2,1-4H3/b22-12+. The molecule has 0 bridgehead atoms. The van der Waals surface area contributed by atoms with Crippen LogP contribution >= 0.6 is 0 Å². The molecule has 0 fully saturated rings. The summed E-state index contributed by atoms with van der Waals surface area (Å²) in [4.78, 5) is 18.4. The number of ether oxygens (including phenoxy) is 1. The lowest BCUT2D eigenvalue weighted by atomic mass is 10.0. The van der Waals surface area contributed by atoms with Crippen LogP contribution in [0.2, 0.25) is 0 Å². The topological polar surface area (TPSA) is 41.9 Å². The average molecular weight is 358 g/mol. The zero-order chi connectivity index (χ0) is 19.0. The summed E-state index contributed by atoms with van der Waals surface area (Å²) in [6.07, 6.45) is -3.16. The van der Waals surface area contributed by atoms with Crippen LogP contribution in [0.15, 0.2) is 17.1 Å². The number of hydrogen-bond donors (Lipinski definition) is 0. The fraction of sp³-hybridized carbons (Fsp3) is 0.556. The van der Waals surface area contributed by atoms with Crippen molar-refractivity contribution in [2.24, 2.45) is 4.99 Å². The molecule has 1 rings (SSSR count). The normalized spacial score (nSPS) is 11.8. The van der Waals surface area contributed by atoms with Gasteiger partial charge in [0.2, 0.25) is 0 Å². The minimum Gasteiger partial charge on any atom is -0.462 e. The van der Waals surface area contributed by atoms with Crippen molar-refractivity contribution in [1.29, 1.82) is 0 Å². The Morgan fingerprint density at radius 1 is 1.24 bits per heavy atom. The minimum atomic E-state index is -4.17. The average Bonchev–Trinajstić information content (AvgIpc) is 2.53. The summed E-state index contributed by atoms with van der Waals surface area (Å²) >= 11 is 0. The largest absolute Gasteiger partial charge is 0.462 e. The first-order chi connectivity index (χ1) is 11.6. The minimum absolute atomic E-state index is 0.0192. The third-order valence-electron chi connectivity index (χ3n) is 3.74. The van der Waals surface area contributed by atoms with Crippen LogP contribution in [0.1, 0.15) is 47.7 Å². The Bertz CT molecular complexity index is 613. The van der Waals surface area contributed by atoms with E-state index in [1.807, 2.05) is 25.8 Å². The molecular weight excluding hydrogens is 333 g/mol. The SMILES string of the molecule is CCN(C)/C=N/c1cc(C)c(C(=O)OCCCCC(F)(F)F)cc1C. The number of aryl methyl sites for hydroxylation is 2. The van der Waals surface area contributed by atoms with Gasteiger partial charge in [-0.15, -0.1) is 0 Å². The van der Waals surface area contributed by atoms with E-state index in [0.717, 1.165) is 23.4 Å². The molecule has 0 spiro atoms. The molecule has 0 N–H and O–H groups in total. The van der Waals surface area contributed by atoms with E-state index in [1.54, 1.807) is 25.4 Å². The van der Waals surface area contributed by atoms with E-state index in [4.69, 9.17) is 4.74 Å². The maximum Gasteiger partial charge on any atom is 0.389 e. The molecule has 0 aliphatic heterocycles. The smallest absolute Gasteiger partial charge is 0.389 e. The molecular formula is C18H25F3N2O2. The van der Waals surface area contributed by atoms with E-state index in [-0.39, 0.29) is 19.4 Å². The third kappa shape index (κ3) is 7.58. The molecule has 0 amide bonds. The number of rotatable bonds is 8.